The fourth-order valence-electron chi connectivity index (χ4n) is 0.555. The van der Waals surface area contributed by atoms with Crippen molar-refractivity contribution in [2.75, 3.05) is 19.3 Å². The van der Waals surface area contributed by atoms with Crippen molar-refractivity contribution in [3.8, 4) is 0 Å². The second-order valence-corrected chi connectivity index (χ2v) is 3.80. The molecule has 0 aliphatic heterocycles. The number of Topliss-reactive ketones (excluding diaryl/α,β-unsaturated/α-hetero) is 1. The molecule has 0 aliphatic rings. The van der Waals surface area contributed by atoms with Crippen LogP contribution in [0.15, 0.2) is 0 Å². The number of unbranched alkanes of at least 4 members (excludes halogenated alkanes) is 1. The molecular formula is C7H15NO3P+. The van der Waals surface area contributed by atoms with Crippen molar-refractivity contribution in [3.05, 3.63) is 0 Å². The molecule has 0 bridgehead atoms. The van der Waals surface area contributed by atoms with E-state index in [-0.39, 0.29) is 18.9 Å². The molecule has 1 atom stereocenters. The van der Waals surface area contributed by atoms with Crippen LogP contribution in [-0.4, -0.2) is 25.1 Å². The lowest BCUT2D eigenvalue weighted by molar-refractivity contribution is -0.119. The number of ketones is 1. The molecule has 1 unspecified atom stereocenters. The highest BCUT2D eigenvalue weighted by atomic mass is 31.1. The molecule has 0 saturated heterocycles. The van der Waals surface area contributed by atoms with Crippen LogP contribution < -0.4 is 5.73 Å². The zero-order chi connectivity index (χ0) is 9.40. The highest BCUT2D eigenvalue weighted by Crippen LogP contribution is 2.23. The molecule has 0 aliphatic carbocycles. The summed E-state index contributed by atoms with van der Waals surface area (Å²) in [6.45, 7) is 1.85. The van der Waals surface area contributed by atoms with Gasteiger partial charge >= 0.3 is 8.03 Å². The molecule has 70 valence electrons. The van der Waals surface area contributed by atoms with Crippen molar-refractivity contribution >= 4 is 13.8 Å². The van der Waals surface area contributed by atoms with Gasteiger partial charge in [0.25, 0.3) is 0 Å². The largest absolute Gasteiger partial charge is 0.508 e. The van der Waals surface area contributed by atoms with Gasteiger partial charge in [-0.15, -0.1) is 4.52 Å². The molecule has 2 N–H and O–H groups in total. The Morgan fingerprint density at radius 1 is 1.58 bits per heavy atom. The van der Waals surface area contributed by atoms with Gasteiger partial charge in [-0.25, -0.2) is 0 Å². The zero-order valence-electron chi connectivity index (χ0n) is 7.28. The third-order valence-electron chi connectivity index (χ3n) is 1.29. The van der Waals surface area contributed by atoms with Crippen LogP contribution in [0, 0.1) is 0 Å². The van der Waals surface area contributed by atoms with Crippen molar-refractivity contribution in [1.29, 1.82) is 0 Å². The predicted octanol–water partition coefficient (Wildman–Crippen LogP) is 1.07. The molecule has 0 radical (unpaired) electrons. The minimum Gasteiger partial charge on any atom is -0.324 e. The molecule has 4 nitrogen and oxygen atoms in total. The summed E-state index contributed by atoms with van der Waals surface area (Å²) >= 11 is 0. The van der Waals surface area contributed by atoms with Crippen LogP contribution in [0.2, 0.25) is 0 Å². The number of rotatable bonds is 7. The van der Waals surface area contributed by atoms with E-state index in [1.165, 1.54) is 0 Å². The van der Waals surface area contributed by atoms with Crippen molar-refractivity contribution in [2.45, 2.75) is 19.8 Å². The van der Waals surface area contributed by atoms with E-state index >= 15 is 0 Å². The van der Waals surface area contributed by atoms with Crippen LogP contribution in [0.4, 0.5) is 0 Å². The first kappa shape index (κ1) is 11.7. The Morgan fingerprint density at radius 3 is 2.75 bits per heavy atom. The van der Waals surface area contributed by atoms with Gasteiger partial charge in [0.05, 0.1) is 6.54 Å². The maximum atomic E-state index is 11.0. The Bertz CT molecular complexity index is 161. The van der Waals surface area contributed by atoms with Crippen LogP contribution >= 0.6 is 8.03 Å². The van der Waals surface area contributed by atoms with Crippen LogP contribution in [0.1, 0.15) is 19.8 Å². The first-order valence-electron chi connectivity index (χ1n) is 4.00. The Hall–Kier alpha value is -0.310. The van der Waals surface area contributed by atoms with Crippen molar-refractivity contribution < 1.29 is 13.9 Å². The van der Waals surface area contributed by atoms with Gasteiger partial charge in [0.1, 0.15) is 0 Å². The minimum absolute atomic E-state index is 0.0447. The van der Waals surface area contributed by atoms with Gasteiger partial charge in [0.15, 0.2) is 18.6 Å². The summed E-state index contributed by atoms with van der Waals surface area (Å²) in [4.78, 5) is 10.6. The van der Waals surface area contributed by atoms with Crippen LogP contribution in [-0.2, 0) is 13.9 Å². The molecule has 12 heavy (non-hydrogen) atoms. The monoisotopic (exact) mass is 192 g/mol. The van der Waals surface area contributed by atoms with Crippen LogP contribution in [0.5, 0.6) is 0 Å². The average Bonchev–Trinajstić information content (AvgIpc) is 2.10. The molecule has 0 aromatic carbocycles. The molecule has 5 heteroatoms. The van der Waals surface area contributed by atoms with Crippen LogP contribution in [0.25, 0.3) is 0 Å². The number of hydrogen-bond acceptors (Lipinski definition) is 4. The SMILES string of the molecule is CCCC[P+](=O)OCC(=O)CN. The van der Waals surface area contributed by atoms with Gasteiger partial charge in [0, 0.05) is 0 Å². The Labute approximate surface area is 73.3 Å². The number of carbonyl (C=O) groups excluding carboxylic acids is 1. The molecular weight excluding hydrogens is 177 g/mol. The lowest BCUT2D eigenvalue weighted by atomic mass is 10.4. The first-order chi connectivity index (χ1) is 5.70. The molecule has 0 amide bonds. The summed E-state index contributed by atoms with van der Waals surface area (Å²) in [5.41, 5.74) is 5.03. The fraction of sp³-hybridized carbons (Fsp3) is 0.857. The maximum absolute atomic E-state index is 11.0. The third-order valence-corrected chi connectivity index (χ3v) is 2.39. The molecule has 0 spiro atoms. The Balaban J connectivity index is 3.37. The van der Waals surface area contributed by atoms with Gasteiger partial charge in [-0.1, -0.05) is 13.3 Å². The number of hydrogen-bond donors (Lipinski definition) is 1. The molecule has 0 aromatic heterocycles. The van der Waals surface area contributed by atoms with E-state index < -0.39 is 8.03 Å². The summed E-state index contributed by atoms with van der Waals surface area (Å²) in [5, 5.41) is 0. The van der Waals surface area contributed by atoms with Crippen LogP contribution in [0.3, 0.4) is 0 Å². The van der Waals surface area contributed by atoms with E-state index in [9.17, 15) is 9.36 Å². The minimum atomic E-state index is -1.65. The average molecular weight is 192 g/mol. The van der Waals surface area contributed by atoms with Gasteiger partial charge in [-0.05, 0) is 11.0 Å². The third kappa shape index (κ3) is 6.40. The smallest absolute Gasteiger partial charge is 0.324 e. The van der Waals surface area contributed by atoms with E-state index in [4.69, 9.17) is 10.3 Å². The normalized spacial score (nSPS) is 11.3. The number of nitrogens with two attached hydrogens (primary N) is 1. The summed E-state index contributed by atoms with van der Waals surface area (Å²) in [7, 11) is -1.65. The van der Waals surface area contributed by atoms with Gasteiger partial charge in [0.2, 0.25) is 0 Å². The highest BCUT2D eigenvalue weighted by Gasteiger charge is 2.17. The Kier molecular flexibility index (Phi) is 7.16. The van der Waals surface area contributed by atoms with E-state index in [0.29, 0.717) is 6.16 Å². The predicted molar refractivity (Wildman–Crippen MR) is 47.4 cm³/mol. The molecule has 0 heterocycles. The topological polar surface area (TPSA) is 69.4 Å². The Morgan fingerprint density at radius 2 is 2.25 bits per heavy atom. The standard InChI is InChI=1S/C7H15NO3P/c1-2-3-4-12(10)11-6-7(9)5-8/h2-6,8H2,1H3/q+1. The first-order valence-corrected chi connectivity index (χ1v) is 5.36. The van der Waals surface area contributed by atoms with E-state index in [2.05, 4.69) is 0 Å². The zero-order valence-corrected chi connectivity index (χ0v) is 8.18. The van der Waals surface area contributed by atoms with Gasteiger partial charge < -0.3 is 5.73 Å². The molecule has 0 aromatic rings. The fourth-order valence-corrected chi connectivity index (χ4v) is 1.55. The summed E-state index contributed by atoms with van der Waals surface area (Å²) in [5.74, 6) is -0.213. The van der Waals surface area contributed by atoms with E-state index in [1.807, 2.05) is 6.92 Å². The summed E-state index contributed by atoms with van der Waals surface area (Å²) < 4.78 is 15.7. The van der Waals surface area contributed by atoms with E-state index in [0.717, 1.165) is 12.8 Å². The highest BCUT2D eigenvalue weighted by molar-refractivity contribution is 7.39. The number of carbonyl (C=O) groups is 1. The van der Waals surface area contributed by atoms with Gasteiger partial charge in [-0.2, -0.15) is 0 Å². The van der Waals surface area contributed by atoms with Gasteiger partial charge in [-0.3, -0.25) is 4.79 Å². The summed E-state index contributed by atoms with van der Waals surface area (Å²) in [6.07, 6.45) is 2.38. The lowest BCUT2D eigenvalue weighted by Gasteiger charge is -1.89. The van der Waals surface area contributed by atoms with Crippen molar-refractivity contribution in [1.82, 2.24) is 0 Å². The molecule has 0 saturated carbocycles. The quantitative estimate of drug-likeness (QED) is 0.612. The molecule has 0 fully saturated rings. The second-order valence-electron chi connectivity index (χ2n) is 2.43. The second kappa shape index (κ2) is 7.35. The van der Waals surface area contributed by atoms with Crippen molar-refractivity contribution in [2.24, 2.45) is 5.73 Å². The van der Waals surface area contributed by atoms with Crippen molar-refractivity contribution in [3.63, 3.8) is 0 Å². The maximum Gasteiger partial charge on any atom is 0.508 e. The van der Waals surface area contributed by atoms with E-state index in [1.54, 1.807) is 0 Å². The molecule has 0 rings (SSSR count). The lowest BCUT2D eigenvalue weighted by Crippen LogP contribution is -2.17. The summed E-state index contributed by atoms with van der Waals surface area (Å²) in [6, 6.07) is 0.